The number of carbonyl (C=O) groups excluding carboxylic acids is 1. The van der Waals surface area contributed by atoms with E-state index in [9.17, 15) is 4.79 Å². The van der Waals surface area contributed by atoms with Crippen LogP contribution in [0.2, 0.25) is 5.02 Å². The number of nitrogens with one attached hydrogen (secondary N) is 2. The molecule has 0 atom stereocenters. The van der Waals surface area contributed by atoms with E-state index < -0.39 is 0 Å². The van der Waals surface area contributed by atoms with Gasteiger partial charge in [-0.05, 0) is 42.8 Å². The molecular weight excluding hydrogens is 300 g/mol. The molecule has 0 saturated carbocycles. The fraction of sp³-hybridized carbons (Fsp3) is 0.118. The van der Waals surface area contributed by atoms with E-state index in [0.29, 0.717) is 28.8 Å². The molecule has 114 valence electrons. The van der Waals surface area contributed by atoms with E-state index in [2.05, 4.69) is 17.2 Å². The predicted molar refractivity (Wildman–Crippen MR) is 90.8 cm³/mol. The Morgan fingerprint density at radius 3 is 2.68 bits per heavy atom. The highest BCUT2D eigenvalue weighted by Crippen LogP contribution is 2.24. The number of rotatable bonds is 5. The summed E-state index contributed by atoms with van der Waals surface area (Å²) in [5.74, 6) is 0.590. The van der Waals surface area contributed by atoms with Crippen molar-refractivity contribution in [1.29, 1.82) is 0 Å². The molecular formula is C17H17ClN2O2. The second kappa shape index (κ2) is 7.52. The maximum Gasteiger partial charge on any atom is 0.323 e. The lowest BCUT2D eigenvalue weighted by molar-refractivity contribution is 0.262. The molecule has 2 rings (SSSR count). The van der Waals surface area contributed by atoms with Crippen LogP contribution in [0.5, 0.6) is 5.75 Å². The standard InChI is InChI=1S/C17H17ClN2O2/c1-12(2)11-22-16-9-4-3-8-15(16)20-17(21)19-14-7-5-6-13(18)10-14/h3-10H,1,11H2,2H3,(H2,19,20,21). The lowest BCUT2D eigenvalue weighted by Crippen LogP contribution is -2.20. The van der Waals surface area contributed by atoms with Crippen molar-refractivity contribution in [2.24, 2.45) is 0 Å². The van der Waals surface area contributed by atoms with Crippen LogP contribution in [0, 0.1) is 0 Å². The van der Waals surface area contributed by atoms with E-state index in [0.717, 1.165) is 5.57 Å². The SMILES string of the molecule is C=C(C)COc1ccccc1NC(=O)Nc1cccc(Cl)c1. The van der Waals surface area contributed by atoms with Gasteiger partial charge < -0.3 is 15.4 Å². The summed E-state index contributed by atoms with van der Waals surface area (Å²) < 4.78 is 5.61. The Balaban J connectivity index is 2.03. The van der Waals surface area contributed by atoms with Gasteiger partial charge in [-0.3, -0.25) is 0 Å². The Morgan fingerprint density at radius 1 is 1.18 bits per heavy atom. The van der Waals surface area contributed by atoms with Gasteiger partial charge in [-0.15, -0.1) is 0 Å². The van der Waals surface area contributed by atoms with E-state index in [1.54, 1.807) is 36.4 Å². The van der Waals surface area contributed by atoms with Crippen LogP contribution in [-0.4, -0.2) is 12.6 Å². The van der Waals surface area contributed by atoms with Crippen molar-refractivity contribution in [2.45, 2.75) is 6.92 Å². The second-order valence-corrected chi connectivity index (χ2v) is 5.27. The number of ether oxygens (including phenoxy) is 1. The summed E-state index contributed by atoms with van der Waals surface area (Å²) in [6.07, 6.45) is 0. The van der Waals surface area contributed by atoms with Crippen LogP contribution in [0.4, 0.5) is 16.2 Å². The van der Waals surface area contributed by atoms with Gasteiger partial charge in [0.15, 0.2) is 0 Å². The number of anilines is 2. The van der Waals surface area contributed by atoms with Gasteiger partial charge in [-0.2, -0.15) is 0 Å². The molecule has 0 radical (unpaired) electrons. The molecule has 0 spiro atoms. The van der Waals surface area contributed by atoms with Crippen molar-refractivity contribution in [2.75, 3.05) is 17.2 Å². The van der Waals surface area contributed by atoms with E-state index in [4.69, 9.17) is 16.3 Å². The summed E-state index contributed by atoms with van der Waals surface area (Å²) in [6, 6.07) is 13.8. The molecule has 22 heavy (non-hydrogen) atoms. The first-order chi connectivity index (χ1) is 10.5. The average molecular weight is 317 g/mol. The summed E-state index contributed by atoms with van der Waals surface area (Å²) in [5, 5.41) is 6.03. The van der Waals surface area contributed by atoms with Crippen LogP contribution in [0.1, 0.15) is 6.92 Å². The Kier molecular flexibility index (Phi) is 5.44. The zero-order chi connectivity index (χ0) is 15.9. The molecule has 0 fully saturated rings. The van der Waals surface area contributed by atoms with Gasteiger partial charge in [0.1, 0.15) is 12.4 Å². The van der Waals surface area contributed by atoms with Gasteiger partial charge in [0.2, 0.25) is 0 Å². The summed E-state index contributed by atoms with van der Waals surface area (Å²) in [7, 11) is 0. The summed E-state index contributed by atoms with van der Waals surface area (Å²) in [4.78, 5) is 12.0. The maximum absolute atomic E-state index is 12.0. The monoisotopic (exact) mass is 316 g/mol. The number of carbonyl (C=O) groups is 1. The number of urea groups is 1. The number of amides is 2. The highest BCUT2D eigenvalue weighted by Gasteiger charge is 2.08. The Hall–Kier alpha value is -2.46. The number of para-hydroxylation sites is 2. The Bertz CT molecular complexity index is 686. The smallest absolute Gasteiger partial charge is 0.323 e. The predicted octanol–water partition coefficient (Wildman–Crippen LogP) is 4.94. The third kappa shape index (κ3) is 4.82. The second-order valence-electron chi connectivity index (χ2n) is 4.83. The van der Waals surface area contributed by atoms with Crippen molar-refractivity contribution >= 4 is 29.0 Å². The van der Waals surface area contributed by atoms with Crippen molar-refractivity contribution in [1.82, 2.24) is 0 Å². The fourth-order valence-electron chi connectivity index (χ4n) is 1.75. The highest BCUT2D eigenvalue weighted by atomic mass is 35.5. The molecule has 0 bridgehead atoms. The summed E-state index contributed by atoms with van der Waals surface area (Å²) in [6.45, 7) is 6.06. The molecule has 0 aliphatic carbocycles. The number of hydrogen-bond acceptors (Lipinski definition) is 2. The van der Waals surface area contributed by atoms with Crippen LogP contribution in [0.25, 0.3) is 0 Å². The minimum Gasteiger partial charge on any atom is -0.487 e. The molecule has 2 N–H and O–H groups in total. The maximum atomic E-state index is 12.0. The van der Waals surface area contributed by atoms with Gasteiger partial charge in [-0.1, -0.05) is 36.4 Å². The van der Waals surface area contributed by atoms with Crippen molar-refractivity contribution in [3.8, 4) is 5.75 Å². The minimum atomic E-state index is -0.367. The molecule has 2 aromatic carbocycles. The van der Waals surface area contributed by atoms with Crippen LogP contribution >= 0.6 is 11.6 Å². The van der Waals surface area contributed by atoms with Crippen LogP contribution in [-0.2, 0) is 0 Å². The van der Waals surface area contributed by atoms with E-state index in [1.807, 2.05) is 19.1 Å². The molecule has 0 unspecified atom stereocenters. The third-order valence-corrected chi connectivity index (χ3v) is 2.93. The number of halogens is 1. The summed E-state index contributed by atoms with van der Waals surface area (Å²) in [5.41, 5.74) is 2.10. The largest absolute Gasteiger partial charge is 0.487 e. The molecule has 0 heterocycles. The third-order valence-electron chi connectivity index (χ3n) is 2.69. The molecule has 5 heteroatoms. The lowest BCUT2D eigenvalue weighted by Gasteiger charge is -2.13. The number of hydrogen-bond donors (Lipinski definition) is 2. The first-order valence-corrected chi connectivity index (χ1v) is 7.12. The topological polar surface area (TPSA) is 50.4 Å². The zero-order valence-electron chi connectivity index (χ0n) is 12.2. The average Bonchev–Trinajstić information content (AvgIpc) is 2.46. The minimum absolute atomic E-state index is 0.367. The van der Waals surface area contributed by atoms with Crippen LogP contribution in [0.15, 0.2) is 60.7 Å². The molecule has 2 aromatic rings. The van der Waals surface area contributed by atoms with Gasteiger partial charge in [0, 0.05) is 10.7 Å². The van der Waals surface area contributed by atoms with Crippen LogP contribution < -0.4 is 15.4 Å². The molecule has 0 aliphatic rings. The van der Waals surface area contributed by atoms with Crippen molar-refractivity contribution < 1.29 is 9.53 Å². The van der Waals surface area contributed by atoms with Gasteiger partial charge in [0.05, 0.1) is 5.69 Å². The molecule has 2 amide bonds. The quantitative estimate of drug-likeness (QED) is 0.768. The molecule has 0 saturated heterocycles. The molecule has 4 nitrogen and oxygen atoms in total. The molecule has 0 aromatic heterocycles. The van der Waals surface area contributed by atoms with Gasteiger partial charge in [-0.25, -0.2) is 4.79 Å². The van der Waals surface area contributed by atoms with E-state index >= 15 is 0 Å². The zero-order valence-corrected chi connectivity index (χ0v) is 13.0. The highest BCUT2D eigenvalue weighted by molar-refractivity contribution is 6.30. The Labute approximate surface area is 134 Å². The summed E-state index contributed by atoms with van der Waals surface area (Å²) >= 11 is 5.88. The van der Waals surface area contributed by atoms with Crippen molar-refractivity contribution in [3.63, 3.8) is 0 Å². The van der Waals surface area contributed by atoms with Crippen molar-refractivity contribution in [3.05, 3.63) is 65.7 Å². The van der Waals surface area contributed by atoms with Gasteiger partial charge in [0.25, 0.3) is 0 Å². The van der Waals surface area contributed by atoms with Gasteiger partial charge >= 0.3 is 6.03 Å². The fourth-order valence-corrected chi connectivity index (χ4v) is 1.94. The van der Waals surface area contributed by atoms with Crippen LogP contribution in [0.3, 0.4) is 0 Å². The number of benzene rings is 2. The first-order valence-electron chi connectivity index (χ1n) is 6.74. The normalized spacial score (nSPS) is 9.91. The first kappa shape index (κ1) is 15.9. The Morgan fingerprint density at radius 2 is 1.95 bits per heavy atom. The van der Waals surface area contributed by atoms with E-state index in [-0.39, 0.29) is 6.03 Å². The lowest BCUT2D eigenvalue weighted by atomic mass is 10.3. The molecule has 0 aliphatic heterocycles. The van der Waals surface area contributed by atoms with E-state index in [1.165, 1.54) is 0 Å².